The third-order valence-electron chi connectivity index (χ3n) is 6.36. The van der Waals surface area contributed by atoms with Crippen LogP contribution in [0.5, 0.6) is 0 Å². The molecule has 6 heteroatoms. The van der Waals surface area contributed by atoms with Crippen molar-refractivity contribution in [3.8, 4) is 6.07 Å². The van der Waals surface area contributed by atoms with Crippen LogP contribution in [0.15, 0.2) is 78.7 Å². The minimum atomic E-state index is -0.237. The summed E-state index contributed by atoms with van der Waals surface area (Å²) in [6.45, 7) is 6.90. The van der Waals surface area contributed by atoms with Gasteiger partial charge >= 0.3 is 0 Å². The Kier molecular flexibility index (Phi) is 8.64. The average Bonchev–Trinajstić information content (AvgIpc) is 2.85. The molecule has 0 spiro atoms. The largest absolute Gasteiger partial charge is 0.483 e. The number of nitrogens with zero attached hydrogens (tertiary/aromatic N) is 2. The van der Waals surface area contributed by atoms with Gasteiger partial charge in [-0.25, -0.2) is 4.39 Å². The number of hydrogen-bond acceptors (Lipinski definition) is 5. The summed E-state index contributed by atoms with van der Waals surface area (Å²) in [6, 6.07) is 16.1. The first-order valence-corrected chi connectivity index (χ1v) is 11.3. The SMILES string of the molecule is C=C(/C=C(\C=C(/N)OC)COCC1(c2ccc(F)cc2)CCN(C)CC1)c1ccc(C#N)cc1. The summed E-state index contributed by atoms with van der Waals surface area (Å²) < 4.78 is 25.0. The van der Waals surface area contributed by atoms with Gasteiger partial charge in [-0.2, -0.15) is 5.26 Å². The summed E-state index contributed by atoms with van der Waals surface area (Å²) in [4.78, 5) is 2.30. The number of nitrogens with two attached hydrogens (primary N) is 1. The Balaban J connectivity index is 1.77. The summed E-state index contributed by atoms with van der Waals surface area (Å²) in [6.07, 6.45) is 5.50. The first-order chi connectivity index (χ1) is 16.3. The summed E-state index contributed by atoms with van der Waals surface area (Å²) in [5.74, 6) is 0.0366. The Labute approximate surface area is 201 Å². The molecule has 3 rings (SSSR count). The number of nitriles is 1. The van der Waals surface area contributed by atoms with E-state index in [1.807, 2.05) is 30.3 Å². The van der Waals surface area contributed by atoms with Gasteiger partial charge in [-0.3, -0.25) is 0 Å². The molecule has 5 nitrogen and oxygen atoms in total. The van der Waals surface area contributed by atoms with E-state index >= 15 is 0 Å². The minimum Gasteiger partial charge on any atom is -0.483 e. The molecule has 0 bridgehead atoms. The Hall–Kier alpha value is -3.40. The molecule has 34 heavy (non-hydrogen) atoms. The van der Waals surface area contributed by atoms with Crippen molar-refractivity contribution in [2.75, 3.05) is 40.5 Å². The molecule has 2 aromatic rings. The molecule has 1 saturated heterocycles. The molecule has 1 aliphatic heterocycles. The van der Waals surface area contributed by atoms with Crippen molar-refractivity contribution < 1.29 is 13.9 Å². The molecule has 0 aromatic heterocycles. The second-order valence-corrected chi connectivity index (χ2v) is 8.77. The van der Waals surface area contributed by atoms with Crippen LogP contribution in [0.2, 0.25) is 0 Å². The van der Waals surface area contributed by atoms with E-state index in [0.29, 0.717) is 18.8 Å². The molecule has 1 fully saturated rings. The van der Waals surface area contributed by atoms with Gasteiger partial charge in [0, 0.05) is 11.5 Å². The first-order valence-electron chi connectivity index (χ1n) is 11.3. The van der Waals surface area contributed by atoms with Gasteiger partial charge in [-0.1, -0.05) is 30.8 Å². The number of methoxy groups -OCH3 is 1. The summed E-state index contributed by atoms with van der Waals surface area (Å²) in [5.41, 5.74) is 9.93. The average molecular weight is 462 g/mol. The maximum Gasteiger partial charge on any atom is 0.183 e. The van der Waals surface area contributed by atoms with Crippen LogP contribution < -0.4 is 5.73 Å². The van der Waals surface area contributed by atoms with E-state index in [-0.39, 0.29) is 17.1 Å². The van der Waals surface area contributed by atoms with E-state index in [4.69, 9.17) is 20.5 Å². The lowest BCUT2D eigenvalue weighted by Crippen LogP contribution is -2.44. The van der Waals surface area contributed by atoms with Crippen molar-refractivity contribution >= 4 is 5.57 Å². The lowest BCUT2D eigenvalue weighted by Gasteiger charge is -2.41. The predicted molar refractivity (Wildman–Crippen MR) is 133 cm³/mol. The Morgan fingerprint density at radius 1 is 1.15 bits per heavy atom. The van der Waals surface area contributed by atoms with Gasteiger partial charge < -0.3 is 20.1 Å². The van der Waals surface area contributed by atoms with Gasteiger partial charge in [0.05, 0.1) is 32.0 Å². The topological polar surface area (TPSA) is 71.5 Å². The normalized spacial score (nSPS) is 16.6. The van der Waals surface area contributed by atoms with Crippen molar-refractivity contribution in [2.24, 2.45) is 5.73 Å². The van der Waals surface area contributed by atoms with Crippen LogP contribution in [0.25, 0.3) is 5.57 Å². The van der Waals surface area contributed by atoms with E-state index in [1.165, 1.54) is 19.2 Å². The monoisotopic (exact) mass is 461 g/mol. The smallest absolute Gasteiger partial charge is 0.183 e. The molecular weight excluding hydrogens is 429 g/mol. The molecule has 0 atom stereocenters. The molecule has 2 aromatic carbocycles. The highest BCUT2D eigenvalue weighted by Gasteiger charge is 2.35. The number of allylic oxidation sites excluding steroid dienone is 2. The molecule has 1 heterocycles. The molecule has 0 unspecified atom stereocenters. The fourth-order valence-electron chi connectivity index (χ4n) is 4.16. The van der Waals surface area contributed by atoms with Crippen molar-refractivity contribution in [1.29, 1.82) is 5.26 Å². The zero-order valence-electron chi connectivity index (χ0n) is 19.9. The van der Waals surface area contributed by atoms with E-state index in [1.54, 1.807) is 18.2 Å². The van der Waals surface area contributed by atoms with Crippen LogP contribution in [0.1, 0.15) is 29.5 Å². The standard InChI is InChI=1S/C28H32FN3O2/c1-21(24-6-4-22(18-30)5-7-24)16-23(17-27(31)33-3)19-34-20-28(12-14-32(2)15-13-28)25-8-10-26(29)11-9-25/h4-11,16-17H,1,12-15,19-20,31H2,2-3H3/b23-16+,27-17+. The van der Waals surface area contributed by atoms with E-state index < -0.39 is 0 Å². The van der Waals surface area contributed by atoms with Crippen molar-refractivity contribution in [2.45, 2.75) is 18.3 Å². The van der Waals surface area contributed by atoms with Crippen LogP contribution in [0.4, 0.5) is 4.39 Å². The zero-order chi connectivity index (χ0) is 24.6. The van der Waals surface area contributed by atoms with Crippen molar-refractivity contribution in [1.82, 2.24) is 4.90 Å². The van der Waals surface area contributed by atoms with Gasteiger partial charge in [-0.15, -0.1) is 0 Å². The summed E-state index contributed by atoms with van der Waals surface area (Å²) in [5, 5.41) is 9.02. The van der Waals surface area contributed by atoms with Gasteiger partial charge in [0.1, 0.15) is 5.82 Å². The van der Waals surface area contributed by atoms with E-state index in [0.717, 1.165) is 48.2 Å². The zero-order valence-corrected chi connectivity index (χ0v) is 19.9. The fourth-order valence-corrected chi connectivity index (χ4v) is 4.16. The van der Waals surface area contributed by atoms with Gasteiger partial charge in [0.15, 0.2) is 5.88 Å². The lowest BCUT2D eigenvalue weighted by atomic mass is 9.73. The Morgan fingerprint density at radius 2 is 1.79 bits per heavy atom. The molecule has 0 saturated carbocycles. The predicted octanol–water partition coefficient (Wildman–Crippen LogP) is 4.76. The number of rotatable bonds is 9. The third kappa shape index (κ3) is 6.57. The van der Waals surface area contributed by atoms with Crippen LogP contribution in [-0.4, -0.2) is 45.4 Å². The maximum absolute atomic E-state index is 13.6. The second kappa shape index (κ2) is 11.6. The molecule has 0 radical (unpaired) electrons. The van der Waals surface area contributed by atoms with Gasteiger partial charge in [0.2, 0.25) is 0 Å². The van der Waals surface area contributed by atoms with E-state index in [9.17, 15) is 4.39 Å². The second-order valence-electron chi connectivity index (χ2n) is 8.77. The molecule has 0 aliphatic carbocycles. The summed E-state index contributed by atoms with van der Waals surface area (Å²) in [7, 11) is 3.63. The van der Waals surface area contributed by atoms with Crippen LogP contribution >= 0.6 is 0 Å². The third-order valence-corrected chi connectivity index (χ3v) is 6.36. The minimum absolute atomic E-state index is 0.175. The number of halogens is 1. The van der Waals surface area contributed by atoms with Gasteiger partial charge in [0.25, 0.3) is 0 Å². The number of likely N-dealkylation sites (tertiary alicyclic amines) is 1. The van der Waals surface area contributed by atoms with Crippen molar-refractivity contribution in [3.05, 3.63) is 101 Å². The van der Waals surface area contributed by atoms with Crippen LogP contribution in [-0.2, 0) is 14.9 Å². The van der Waals surface area contributed by atoms with Crippen LogP contribution in [0, 0.1) is 17.1 Å². The quantitative estimate of drug-likeness (QED) is 0.431. The van der Waals surface area contributed by atoms with E-state index in [2.05, 4.69) is 24.6 Å². The molecular formula is C28H32FN3O2. The number of ether oxygens (including phenoxy) is 2. The number of hydrogen-bond donors (Lipinski definition) is 1. The highest BCUT2D eigenvalue weighted by molar-refractivity contribution is 5.73. The van der Waals surface area contributed by atoms with Gasteiger partial charge in [-0.05, 0) is 85.6 Å². The first kappa shape index (κ1) is 25.2. The van der Waals surface area contributed by atoms with Crippen LogP contribution in [0.3, 0.4) is 0 Å². The summed E-state index contributed by atoms with van der Waals surface area (Å²) >= 11 is 0. The molecule has 2 N–H and O–H groups in total. The highest BCUT2D eigenvalue weighted by atomic mass is 19.1. The lowest BCUT2D eigenvalue weighted by molar-refractivity contribution is 0.0616. The highest BCUT2D eigenvalue weighted by Crippen LogP contribution is 2.36. The Morgan fingerprint density at radius 3 is 2.38 bits per heavy atom. The Bertz CT molecular complexity index is 1070. The maximum atomic E-state index is 13.6. The number of piperidine rings is 1. The molecule has 0 amide bonds. The molecule has 178 valence electrons. The fraction of sp³-hybridized carbons (Fsp3) is 0.321. The number of benzene rings is 2. The van der Waals surface area contributed by atoms with Crippen molar-refractivity contribution in [3.63, 3.8) is 0 Å². The molecule has 1 aliphatic rings.